The second-order valence-corrected chi connectivity index (χ2v) is 9.31. The summed E-state index contributed by atoms with van der Waals surface area (Å²) in [7, 11) is 0. The maximum absolute atomic E-state index is 12.5. The van der Waals surface area contributed by atoms with Crippen molar-refractivity contribution in [3.05, 3.63) is 92.8 Å². The Morgan fingerprint density at radius 1 is 1.11 bits per heavy atom. The van der Waals surface area contributed by atoms with E-state index in [0.717, 1.165) is 16.8 Å². The van der Waals surface area contributed by atoms with Crippen molar-refractivity contribution < 1.29 is 24.2 Å². The highest BCUT2D eigenvalue weighted by Gasteiger charge is 2.24. The van der Waals surface area contributed by atoms with Gasteiger partial charge in [0, 0.05) is 0 Å². The first-order valence-electron chi connectivity index (χ1n) is 11.1. The van der Waals surface area contributed by atoms with E-state index in [-0.39, 0.29) is 18.1 Å². The number of thioether (sulfide) groups is 1. The van der Waals surface area contributed by atoms with Gasteiger partial charge in [-0.25, -0.2) is 9.79 Å². The summed E-state index contributed by atoms with van der Waals surface area (Å²) >= 11 is 7.78. The molecular weight excluding hydrogens is 500 g/mol. The van der Waals surface area contributed by atoms with Crippen LogP contribution >= 0.6 is 23.4 Å². The number of aliphatic imine (C=N–C) groups is 1. The van der Waals surface area contributed by atoms with Crippen LogP contribution in [0.4, 0.5) is 5.69 Å². The minimum atomic E-state index is -0.989. The standard InChI is InChI=1S/C27H23ClN2O5S/c1-3-34-22-13-18(12-21(28)24(22)35-15-17-6-8-19(9-7-17)26(32)33)14-23-25(31)30-27(36-23)29-20-10-4-16(2)5-11-20/h4-14H,3,15H2,1-2H3,(H,32,33)(H,29,30,31)/b23-14-. The average molecular weight is 523 g/mol. The van der Waals surface area contributed by atoms with Crippen LogP contribution in [0.25, 0.3) is 6.08 Å². The number of carboxylic acids is 1. The third kappa shape index (κ3) is 6.27. The highest BCUT2D eigenvalue weighted by molar-refractivity contribution is 8.18. The van der Waals surface area contributed by atoms with Crippen LogP contribution in [0.5, 0.6) is 11.5 Å². The lowest BCUT2D eigenvalue weighted by atomic mass is 10.1. The molecule has 1 aliphatic heterocycles. The number of nitrogens with one attached hydrogen (secondary N) is 1. The number of ether oxygens (including phenoxy) is 2. The number of aromatic carboxylic acids is 1. The molecule has 0 radical (unpaired) electrons. The predicted octanol–water partition coefficient (Wildman–Crippen LogP) is 6.22. The average Bonchev–Trinajstić information content (AvgIpc) is 3.18. The zero-order valence-electron chi connectivity index (χ0n) is 19.6. The van der Waals surface area contributed by atoms with Gasteiger partial charge in [-0.05, 0) is 79.2 Å². The molecule has 0 bridgehead atoms. The first kappa shape index (κ1) is 25.3. The van der Waals surface area contributed by atoms with Crippen molar-refractivity contribution in [1.82, 2.24) is 5.32 Å². The largest absolute Gasteiger partial charge is 0.490 e. The molecule has 3 aromatic rings. The molecule has 2 N–H and O–H groups in total. The first-order valence-corrected chi connectivity index (χ1v) is 12.3. The van der Waals surface area contributed by atoms with Gasteiger partial charge >= 0.3 is 5.97 Å². The van der Waals surface area contributed by atoms with Crippen molar-refractivity contribution in [3.63, 3.8) is 0 Å². The minimum Gasteiger partial charge on any atom is -0.490 e. The Hall–Kier alpha value is -3.75. The van der Waals surface area contributed by atoms with Crippen LogP contribution < -0.4 is 14.8 Å². The number of hydrogen-bond acceptors (Lipinski definition) is 6. The summed E-state index contributed by atoms with van der Waals surface area (Å²) in [6, 6.07) is 17.6. The van der Waals surface area contributed by atoms with Crippen LogP contribution in [0.1, 0.15) is 34.0 Å². The van der Waals surface area contributed by atoms with Crippen molar-refractivity contribution in [3.8, 4) is 11.5 Å². The molecule has 0 spiro atoms. The fourth-order valence-electron chi connectivity index (χ4n) is 3.34. The normalized spacial score (nSPS) is 15.2. The lowest BCUT2D eigenvalue weighted by Gasteiger charge is -2.15. The van der Waals surface area contributed by atoms with Crippen molar-refractivity contribution in [2.24, 2.45) is 4.99 Å². The van der Waals surface area contributed by atoms with E-state index in [0.29, 0.717) is 38.8 Å². The maximum atomic E-state index is 12.5. The molecule has 1 saturated heterocycles. The molecule has 0 aliphatic carbocycles. The highest BCUT2D eigenvalue weighted by Crippen LogP contribution is 2.39. The zero-order valence-corrected chi connectivity index (χ0v) is 21.2. The molecule has 7 nitrogen and oxygen atoms in total. The van der Waals surface area contributed by atoms with E-state index in [2.05, 4.69) is 10.3 Å². The van der Waals surface area contributed by atoms with Gasteiger partial charge in [0.2, 0.25) is 0 Å². The van der Waals surface area contributed by atoms with E-state index in [1.807, 2.05) is 38.1 Å². The molecule has 3 aromatic carbocycles. The summed E-state index contributed by atoms with van der Waals surface area (Å²) in [5, 5.41) is 12.7. The molecule has 4 rings (SSSR count). The molecule has 9 heteroatoms. The monoisotopic (exact) mass is 522 g/mol. The van der Waals surface area contributed by atoms with E-state index in [1.54, 1.807) is 30.3 Å². The number of carboxylic acid groups (broad SMARTS) is 1. The van der Waals surface area contributed by atoms with Gasteiger partial charge in [-0.1, -0.05) is 41.4 Å². The zero-order chi connectivity index (χ0) is 25.7. The third-order valence-electron chi connectivity index (χ3n) is 5.13. The smallest absolute Gasteiger partial charge is 0.335 e. The Bertz CT molecular complexity index is 1350. The van der Waals surface area contributed by atoms with Crippen molar-refractivity contribution in [2.45, 2.75) is 20.5 Å². The number of rotatable bonds is 8. The Morgan fingerprint density at radius 2 is 1.83 bits per heavy atom. The highest BCUT2D eigenvalue weighted by atomic mass is 35.5. The van der Waals surface area contributed by atoms with Crippen molar-refractivity contribution in [1.29, 1.82) is 0 Å². The molecule has 184 valence electrons. The van der Waals surface area contributed by atoms with Crippen LogP contribution in [0, 0.1) is 6.92 Å². The number of hydrogen-bond donors (Lipinski definition) is 2. The quantitative estimate of drug-likeness (QED) is 0.341. The van der Waals surface area contributed by atoms with Gasteiger partial charge in [0.15, 0.2) is 16.7 Å². The number of amides is 1. The second kappa shape index (κ2) is 11.3. The SMILES string of the molecule is CCOc1cc(/C=C2\SC(=Nc3ccc(C)cc3)NC2=O)cc(Cl)c1OCc1ccc(C(=O)O)cc1. The lowest BCUT2D eigenvalue weighted by Crippen LogP contribution is -2.19. The van der Waals surface area contributed by atoms with E-state index < -0.39 is 5.97 Å². The van der Waals surface area contributed by atoms with Gasteiger partial charge in [0.25, 0.3) is 5.91 Å². The molecule has 36 heavy (non-hydrogen) atoms. The van der Waals surface area contributed by atoms with Crippen molar-refractivity contribution >= 4 is 52.2 Å². The maximum Gasteiger partial charge on any atom is 0.335 e. The third-order valence-corrected chi connectivity index (χ3v) is 6.32. The van der Waals surface area contributed by atoms with Crippen molar-refractivity contribution in [2.75, 3.05) is 6.61 Å². The van der Waals surface area contributed by atoms with Crippen LogP contribution in [0.15, 0.2) is 70.6 Å². The molecule has 0 atom stereocenters. The number of carbonyl (C=O) groups excluding carboxylic acids is 1. The predicted molar refractivity (Wildman–Crippen MR) is 142 cm³/mol. The molecule has 0 unspecified atom stereocenters. The fraction of sp³-hybridized carbons (Fsp3) is 0.148. The molecule has 1 fully saturated rings. The second-order valence-electron chi connectivity index (χ2n) is 7.87. The van der Waals surface area contributed by atoms with Crippen LogP contribution in [0.3, 0.4) is 0 Å². The van der Waals surface area contributed by atoms with Gasteiger partial charge < -0.3 is 19.9 Å². The number of amidine groups is 1. The molecule has 0 saturated carbocycles. The van der Waals surface area contributed by atoms with Gasteiger partial charge in [-0.3, -0.25) is 4.79 Å². The Morgan fingerprint density at radius 3 is 2.50 bits per heavy atom. The number of carbonyl (C=O) groups is 2. The Kier molecular flexibility index (Phi) is 7.97. The minimum absolute atomic E-state index is 0.178. The molecule has 1 aliphatic rings. The molecule has 1 amide bonds. The lowest BCUT2D eigenvalue weighted by molar-refractivity contribution is -0.115. The summed E-state index contributed by atoms with van der Waals surface area (Å²) < 4.78 is 11.7. The summed E-state index contributed by atoms with van der Waals surface area (Å²) in [6.07, 6.45) is 1.72. The summed E-state index contributed by atoms with van der Waals surface area (Å²) in [5.74, 6) is -0.425. The molecular formula is C27H23ClN2O5S. The Balaban J connectivity index is 1.53. The van der Waals surface area contributed by atoms with Crippen LogP contribution in [-0.2, 0) is 11.4 Å². The first-order chi connectivity index (χ1) is 17.3. The number of aryl methyl sites for hydroxylation is 1. The summed E-state index contributed by atoms with van der Waals surface area (Å²) in [4.78, 5) is 28.5. The van der Waals surface area contributed by atoms with E-state index in [4.69, 9.17) is 26.2 Å². The van der Waals surface area contributed by atoms with Gasteiger partial charge in [-0.2, -0.15) is 0 Å². The number of halogens is 1. The van der Waals surface area contributed by atoms with Gasteiger partial charge in [-0.15, -0.1) is 0 Å². The van der Waals surface area contributed by atoms with E-state index in [1.165, 1.54) is 23.9 Å². The van der Waals surface area contributed by atoms with E-state index >= 15 is 0 Å². The van der Waals surface area contributed by atoms with E-state index in [9.17, 15) is 9.59 Å². The fourth-order valence-corrected chi connectivity index (χ4v) is 4.46. The van der Waals surface area contributed by atoms with Gasteiger partial charge in [0.05, 0.1) is 27.8 Å². The van der Waals surface area contributed by atoms with Crippen LogP contribution in [0.2, 0.25) is 5.02 Å². The summed E-state index contributed by atoms with van der Waals surface area (Å²) in [5.41, 5.74) is 3.55. The van der Waals surface area contributed by atoms with Crippen LogP contribution in [-0.4, -0.2) is 28.8 Å². The molecule has 0 aromatic heterocycles. The van der Waals surface area contributed by atoms with Gasteiger partial charge in [0.1, 0.15) is 6.61 Å². The number of benzene rings is 3. The topological polar surface area (TPSA) is 97.2 Å². The summed E-state index contributed by atoms with van der Waals surface area (Å²) in [6.45, 7) is 4.42. The molecule has 1 heterocycles. The number of nitrogens with zero attached hydrogens (tertiary/aromatic N) is 1. The Labute approximate surface area is 217 Å².